The molecule has 3 rings (SSSR count). The van der Waals surface area contributed by atoms with Gasteiger partial charge >= 0.3 is 0 Å². The lowest BCUT2D eigenvalue weighted by Gasteiger charge is -2.23. The van der Waals surface area contributed by atoms with Crippen LogP contribution in [0.4, 0.5) is 0 Å². The number of hydrogen-bond donors (Lipinski definition) is 0. The van der Waals surface area contributed by atoms with Crippen LogP contribution in [0.1, 0.15) is 25.3 Å². The number of likely N-dealkylation sites (N-methyl/N-ethyl adjacent to an activating group) is 1. The summed E-state index contributed by atoms with van der Waals surface area (Å²) in [6.45, 7) is 3.70. The van der Waals surface area contributed by atoms with Crippen LogP contribution in [-0.2, 0) is 16.0 Å². The van der Waals surface area contributed by atoms with Crippen LogP contribution in [0, 0.1) is 5.92 Å². The molecule has 1 aliphatic rings. The predicted molar refractivity (Wildman–Crippen MR) is 115 cm³/mol. The molecule has 0 spiro atoms. The molecule has 2 aromatic rings. The van der Waals surface area contributed by atoms with Gasteiger partial charge in [-0.05, 0) is 41.7 Å². The molecular formula is C24H30N2O3. The number of nitrogens with zero attached hydrogens (tertiary/aromatic N) is 2. The van der Waals surface area contributed by atoms with E-state index in [-0.39, 0.29) is 17.7 Å². The van der Waals surface area contributed by atoms with Gasteiger partial charge in [0.05, 0.1) is 13.0 Å². The molecular weight excluding hydrogens is 364 g/mol. The quantitative estimate of drug-likeness (QED) is 0.752. The van der Waals surface area contributed by atoms with E-state index in [1.807, 2.05) is 43.1 Å². The van der Waals surface area contributed by atoms with E-state index >= 15 is 0 Å². The zero-order valence-corrected chi connectivity index (χ0v) is 17.6. The third-order valence-corrected chi connectivity index (χ3v) is 5.50. The molecule has 1 aliphatic heterocycles. The number of methoxy groups -OCH3 is 1. The van der Waals surface area contributed by atoms with Crippen molar-refractivity contribution in [3.8, 4) is 16.9 Å². The number of carbonyl (C=O) groups excluding carboxylic acids is 2. The Morgan fingerprint density at radius 1 is 1.10 bits per heavy atom. The van der Waals surface area contributed by atoms with Crippen molar-refractivity contribution >= 4 is 11.8 Å². The highest BCUT2D eigenvalue weighted by molar-refractivity contribution is 5.82. The van der Waals surface area contributed by atoms with Gasteiger partial charge < -0.3 is 14.5 Å². The van der Waals surface area contributed by atoms with Crippen LogP contribution in [0.2, 0.25) is 0 Å². The minimum atomic E-state index is -0.219. The van der Waals surface area contributed by atoms with Gasteiger partial charge in [0.1, 0.15) is 5.75 Å². The first-order valence-corrected chi connectivity index (χ1v) is 10.3. The Morgan fingerprint density at radius 2 is 1.83 bits per heavy atom. The van der Waals surface area contributed by atoms with Crippen LogP contribution in [0.25, 0.3) is 11.1 Å². The van der Waals surface area contributed by atoms with E-state index in [0.717, 1.165) is 28.9 Å². The summed E-state index contributed by atoms with van der Waals surface area (Å²) in [5, 5.41) is 0. The zero-order chi connectivity index (χ0) is 20.8. The third-order valence-electron chi connectivity index (χ3n) is 5.50. The first-order chi connectivity index (χ1) is 14.0. The van der Waals surface area contributed by atoms with E-state index < -0.39 is 0 Å². The molecule has 0 radical (unpaired) electrons. The van der Waals surface area contributed by atoms with Gasteiger partial charge in [0.25, 0.3) is 0 Å². The maximum atomic E-state index is 12.9. The van der Waals surface area contributed by atoms with E-state index in [1.54, 1.807) is 12.0 Å². The van der Waals surface area contributed by atoms with E-state index in [9.17, 15) is 9.59 Å². The van der Waals surface area contributed by atoms with Crippen molar-refractivity contribution in [2.75, 3.05) is 33.8 Å². The second kappa shape index (κ2) is 9.59. The molecule has 0 aliphatic carbocycles. The number of rotatable bonds is 6. The fraction of sp³-hybridized carbons (Fsp3) is 0.417. The molecule has 1 fully saturated rings. The van der Waals surface area contributed by atoms with Gasteiger partial charge in [0, 0.05) is 33.1 Å². The van der Waals surface area contributed by atoms with Gasteiger partial charge in [-0.1, -0.05) is 43.3 Å². The summed E-state index contributed by atoms with van der Waals surface area (Å²) < 4.78 is 5.33. The molecule has 0 saturated carbocycles. The van der Waals surface area contributed by atoms with Crippen molar-refractivity contribution in [1.82, 2.24) is 9.80 Å². The molecule has 1 heterocycles. The summed E-state index contributed by atoms with van der Waals surface area (Å²) in [7, 11) is 3.49. The standard InChI is InChI=1S/C24H30N2O3/c1-4-7-23(27)26-13-12-25(2)24(28)21(17-26)15-18-8-5-9-19(14-18)20-10-6-11-22(16-20)29-3/h5-6,8-11,14,16,21H,4,7,12-13,15,17H2,1-3H3/t21-/m1/s1. The van der Waals surface area contributed by atoms with Crippen LogP contribution in [0.5, 0.6) is 5.75 Å². The Morgan fingerprint density at radius 3 is 2.55 bits per heavy atom. The monoisotopic (exact) mass is 394 g/mol. The SMILES string of the molecule is CCCC(=O)N1CCN(C)C(=O)[C@H](Cc2cccc(-c3cccc(OC)c3)c2)C1. The number of hydrogen-bond acceptors (Lipinski definition) is 3. The molecule has 1 saturated heterocycles. The Labute approximate surface area is 173 Å². The van der Waals surface area contributed by atoms with Crippen LogP contribution in [0.3, 0.4) is 0 Å². The van der Waals surface area contributed by atoms with Crippen molar-refractivity contribution in [2.24, 2.45) is 5.92 Å². The Bertz CT molecular complexity index is 865. The maximum Gasteiger partial charge on any atom is 0.227 e. The summed E-state index contributed by atoms with van der Waals surface area (Å²) >= 11 is 0. The van der Waals surface area contributed by atoms with Gasteiger partial charge in [0.15, 0.2) is 0 Å². The van der Waals surface area contributed by atoms with Crippen molar-refractivity contribution in [1.29, 1.82) is 0 Å². The topological polar surface area (TPSA) is 49.9 Å². The Hall–Kier alpha value is -2.82. The second-order valence-electron chi connectivity index (χ2n) is 7.68. The molecule has 5 nitrogen and oxygen atoms in total. The molecule has 0 unspecified atom stereocenters. The summed E-state index contributed by atoms with van der Waals surface area (Å²) in [6.07, 6.45) is 1.99. The maximum absolute atomic E-state index is 12.9. The van der Waals surface area contributed by atoms with E-state index in [1.165, 1.54) is 0 Å². The summed E-state index contributed by atoms with van der Waals surface area (Å²) in [5.74, 6) is 0.858. The number of amides is 2. The largest absolute Gasteiger partial charge is 0.497 e. The first-order valence-electron chi connectivity index (χ1n) is 10.3. The molecule has 0 N–H and O–H groups in total. The van der Waals surface area contributed by atoms with Gasteiger partial charge in [0.2, 0.25) is 11.8 Å². The van der Waals surface area contributed by atoms with Crippen molar-refractivity contribution < 1.29 is 14.3 Å². The van der Waals surface area contributed by atoms with E-state index in [4.69, 9.17) is 4.74 Å². The number of ether oxygens (including phenoxy) is 1. The summed E-state index contributed by atoms with van der Waals surface area (Å²) in [5.41, 5.74) is 3.27. The van der Waals surface area contributed by atoms with E-state index in [2.05, 4.69) is 24.3 Å². The highest BCUT2D eigenvalue weighted by atomic mass is 16.5. The normalized spacial score (nSPS) is 17.2. The number of benzene rings is 2. The molecule has 0 bridgehead atoms. The predicted octanol–water partition coefficient (Wildman–Crippen LogP) is 3.62. The lowest BCUT2D eigenvalue weighted by molar-refractivity contribution is -0.134. The minimum absolute atomic E-state index is 0.114. The zero-order valence-electron chi connectivity index (χ0n) is 17.6. The molecule has 154 valence electrons. The van der Waals surface area contributed by atoms with E-state index in [0.29, 0.717) is 32.5 Å². The average Bonchev–Trinajstić information content (AvgIpc) is 2.88. The molecule has 2 aromatic carbocycles. The van der Waals surface area contributed by atoms with Gasteiger partial charge in [-0.25, -0.2) is 0 Å². The van der Waals surface area contributed by atoms with Crippen molar-refractivity contribution in [3.05, 3.63) is 54.1 Å². The average molecular weight is 395 g/mol. The fourth-order valence-corrected chi connectivity index (χ4v) is 3.84. The summed E-state index contributed by atoms with van der Waals surface area (Å²) in [6, 6.07) is 16.2. The lowest BCUT2D eigenvalue weighted by Crippen LogP contribution is -2.37. The molecule has 2 amide bonds. The third kappa shape index (κ3) is 5.17. The lowest BCUT2D eigenvalue weighted by atomic mass is 9.94. The van der Waals surface area contributed by atoms with Crippen LogP contribution >= 0.6 is 0 Å². The highest BCUT2D eigenvalue weighted by Crippen LogP contribution is 2.26. The molecule has 5 heteroatoms. The van der Waals surface area contributed by atoms with Gasteiger partial charge in [-0.2, -0.15) is 0 Å². The van der Waals surface area contributed by atoms with Gasteiger partial charge in [-0.3, -0.25) is 9.59 Å². The van der Waals surface area contributed by atoms with Crippen molar-refractivity contribution in [3.63, 3.8) is 0 Å². The fourth-order valence-electron chi connectivity index (χ4n) is 3.84. The molecule has 0 aromatic heterocycles. The van der Waals surface area contributed by atoms with Gasteiger partial charge in [-0.15, -0.1) is 0 Å². The molecule has 1 atom stereocenters. The Kier molecular flexibility index (Phi) is 6.91. The highest BCUT2D eigenvalue weighted by Gasteiger charge is 2.30. The summed E-state index contributed by atoms with van der Waals surface area (Å²) in [4.78, 5) is 29.0. The smallest absolute Gasteiger partial charge is 0.227 e. The van der Waals surface area contributed by atoms with Crippen LogP contribution in [0.15, 0.2) is 48.5 Å². The Balaban J connectivity index is 1.81. The molecule has 29 heavy (non-hydrogen) atoms. The van der Waals surface area contributed by atoms with Crippen molar-refractivity contribution in [2.45, 2.75) is 26.2 Å². The minimum Gasteiger partial charge on any atom is -0.497 e. The van der Waals surface area contributed by atoms with Crippen LogP contribution in [-0.4, -0.2) is 55.4 Å². The second-order valence-corrected chi connectivity index (χ2v) is 7.68. The first kappa shape index (κ1) is 20.9. The number of carbonyl (C=O) groups is 2. The van der Waals surface area contributed by atoms with Crippen LogP contribution < -0.4 is 4.74 Å².